The number of nitrogens with zero attached hydrogens (tertiary/aromatic N) is 1. The van der Waals surface area contributed by atoms with E-state index >= 15 is 0 Å². The lowest BCUT2D eigenvalue weighted by atomic mass is 10.0. The van der Waals surface area contributed by atoms with Gasteiger partial charge in [-0.05, 0) is 12.8 Å². The van der Waals surface area contributed by atoms with E-state index in [9.17, 15) is 31.2 Å². The second kappa shape index (κ2) is 7.66. The Labute approximate surface area is 133 Å². The van der Waals surface area contributed by atoms with Gasteiger partial charge in [-0.3, -0.25) is 0 Å². The van der Waals surface area contributed by atoms with Gasteiger partial charge < -0.3 is 14.4 Å². The zero-order chi connectivity index (χ0) is 17.9. The summed E-state index contributed by atoms with van der Waals surface area (Å²) in [5.41, 5.74) is -0.880. The van der Waals surface area contributed by atoms with Crippen molar-refractivity contribution in [3.63, 3.8) is 0 Å². The van der Waals surface area contributed by atoms with E-state index in [0.29, 0.717) is 0 Å². The van der Waals surface area contributed by atoms with E-state index in [1.165, 1.54) is 6.92 Å². The van der Waals surface area contributed by atoms with Crippen LogP contribution in [0.1, 0.15) is 20.8 Å². The van der Waals surface area contributed by atoms with Crippen LogP contribution in [0.3, 0.4) is 0 Å². The van der Waals surface area contributed by atoms with Gasteiger partial charge in [-0.2, -0.15) is 4.31 Å². The molecule has 0 radical (unpaired) electrons. The third kappa shape index (κ3) is 7.46. The minimum absolute atomic E-state index is 0.0963. The first-order valence-corrected chi connectivity index (χ1v) is 12.3. The third-order valence-electron chi connectivity index (χ3n) is 3.74. The highest BCUT2D eigenvalue weighted by Gasteiger charge is 2.43. The highest BCUT2D eigenvalue weighted by atomic mass is 32.2. The van der Waals surface area contributed by atoms with Crippen molar-refractivity contribution in [1.82, 2.24) is 9.03 Å². The first-order chi connectivity index (χ1) is 9.57. The Hall–Kier alpha value is -0.0831. The Bertz CT molecular complexity index is 558. The summed E-state index contributed by atoms with van der Waals surface area (Å²) in [6.45, 7) is 4.41. The van der Waals surface area contributed by atoms with E-state index in [1.54, 1.807) is 13.8 Å². The zero-order valence-electron chi connectivity index (χ0n) is 13.4. The number of hydrogen-bond acceptors (Lipinski definition) is 7. The van der Waals surface area contributed by atoms with Crippen LogP contribution in [-0.2, 0) is 20.0 Å². The van der Waals surface area contributed by atoms with E-state index in [2.05, 4.69) is 4.72 Å². The van der Waals surface area contributed by atoms with Crippen molar-refractivity contribution in [3.05, 3.63) is 0 Å². The fraction of sp³-hybridized carbons (Fsp3) is 1.00. The zero-order valence-corrected chi connectivity index (χ0v) is 16.0. The lowest BCUT2D eigenvalue weighted by molar-refractivity contribution is 0.174. The highest BCUT2D eigenvalue weighted by Crippen LogP contribution is 2.29. The fourth-order valence-corrected chi connectivity index (χ4v) is 4.71. The topological polar surface area (TPSA) is 144 Å². The van der Waals surface area contributed by atoms with Gasteiger partial charge in [-0.1, -0.05) is 13.8 Å². The van der Waals surface area contributed by atoms with Crippen LogP contribution in [0.15, 0.2) is 0 Å². The van der Waals surface area contributed by atoms with E-state index in [0.717, 1.165) is 16.8 Å². The Morgan fingerprint density at radius 2 is 1.50 bits per heavy atom. The lowest BCUT2D eigenvalue weighted by Crippen LogP contribution is -2.50. The molecule has 9 nitrogen and oxygen atoms in total. The molecule has 0 aromatic rings. The van der Waals surface area contributed by atoms with Crippen LogP contribution >= 0.6 is 0 Å². The first kappa shape index (κ1) is 21.9. The molecule has 0 rings (SSSR count). The molecule has 0 bridgehead atoms. The van der Waals surface area contributed by atoms with Crippen LogP contribution in [0.25, 0.3) is 0 Å². The van der Waals surface area contributed by atoms with Gasteiger partial charge in [0, 0.05) is 24.7 Å². The summed E-state index contributed by atoms with van der Waals surface area (Å²) >= 11 is 0. The standard InChI is InChI=1S/C10H26N2O7S2Si/c1-8(10(3)22(17,18)19)9(2)12(21(5,15)16)7-6-11-20(4,13)14/h8-11,17-19H,6-7H2,1-5H3. The molecule has 0 fully saturated rings. The van der Waals surface area contributed by atoms with Gasteiger partial charge in [-0.15, -0.1) is 0 Å². The molecule has 0 aliphatic carbocycles. The Balaban J connectivity index is 5.13. The first-order valence-electron chi connectivity index (χ1n) is 6.66. The molecule has 0 aromatic heterocycles. The molecule has 0 aromatic carbocycles. The average Bonchev–Trinajstić information content (AvgIpc) is 2.27. The summed E-state index contributed by atoms with van der Waals surface area (Å²) in [4.78, 5) is 28.1. The predicted octanol–water partition coefficient (Wildman–Crippen LogP) is -1.87. The van der Waals surface area contributed by atoms with Crippen molar-refractivity contribution in [2.24, 2.45) is 5.92 Å². The smallest absolute Gasteiger partial charge is 0.390 e. The third-order valence-corrected chi connectivity index (χ3v) is 7.58. The molecule has 134 valence electrons. The van der Waals surface area contributed by atoms with Crippen molar-refractivity contribution in [1.29, 1.82) is 0 Å². The quantitative estimate of drug-likeness (QED) is 0.344. The van der Waals surface area contributed by atoms with E-state index in [1.807, 2.05) is 0 Å². The number of sulfonamides is 2. The van der Waals surface area contributed by atoms with Crippen LogP contribution in [0.5, 0.6) is 0 Å². The summed E-state index contributed by atoms with van der Waals surface area (Å²) in [5.74, 6) is -0.542. The van der Waals surface area contributed by atoms with Crippen molar-refractivity contribution in [2.45, 2.75) is 32.4 Å². The second-order valence-electron chi connectivity index (χ2n) is 5.62. The molecule has 0 aliphatic rings. The van der Waals surface area contributed by atoms with Crippen molar-refractivity contribution >= 4 is 28.9 Å². The normalized spacial score (nSPS) is 18.2. The van der Waals surface area contributed by atoms with Gasteiger partial charge in [0.15, 0.2) is 0 Å². The van der Waals surface area contributed by atoms with Crippen LogP contribution in [-0.4, -0.2) is 76.0 Å². The molecule has 22 heavy (non-hydrogen) atoms. The van der Waals surface area contributed by atoms with Crippen molar-refractivity contribution < 1.29 is 31.2 Å². The summed E-state index contributed by atoms with van der Waals surface area (Å²) in [7, 11) is -11.5. The van der Waals surface area contributed by atoms with Gasteiger partial charge in [0.2, 0.25) is 20.0 Å². The Kier molecular flexibility index (Phi) is 7.63. The second-order valence-corrected chi connectivity index (χ2v) is 11.7. The summed E-state index contributed by atoms with van der Waals surface area (Å²) in [5, 5.41) is 0. The van der Waals surface area contributed by atoms with Crippen molar-refractivity contribution in [2.75, 3.05) is 25.6 Å². The van der Waals surface area contributed by atoms with E-state index in [4.69, 9.17) is 0 Å². The molecular formula is C10H26N2O7S2Si. The molecule has 0 heterocycles. The largest absolute Gasteiger partial charge is 0.496 e. The maximum Gasteiger partial charge on any atom is 0.496 e. The molecule has 0 saturated carbocycles. The van der Waals surface area contributed by atoms with Gasteiger partial charge in [0.05, 0.1) is 12.5 Å². The van der Waals surface area contributed by atoms with Gasteiger partial charge in [0.25, 0.3) is 0 Å². The maximum absolute atomic E-state index is 11.9. The van der Waals surface area contributed by atoms with Gasteiger partial charge in [0.1, 0.15) is 0 Å². The van der Waals surface area contributed by atoms with Crippen LogP contribution in [0.4, 0.5) is 0 Å². The molecule has 0 amide bonds. The van der Waals surface area contributed by atoms with Crippen molar-refractivity contribution in [3.8, 4) is 0 Å². The molecule has 3 atom stereocenters. The Morgan fingerprint density at radius 1 is 1.05 bits per heavy atom. The summed E-state index contributed by atoms with van der Waals surface area (Å²) < 4.78 is 49.1. The van der Waals surface area contributed by atoms with E-state index in [-0.39, 0.29) is 13.1 Å². The molecule has 0 saturated heterocycles. The van der Waals surface area contributed by atoms with Gasteiger partial charge in [-0.25, -0.2) is 21.6 Å². The number of nitrogens with one attached hydrogen (secondary N) is 1. The summed E-state index contributed by atoms with van der Waals surface area (Å²) in [6.07, 6.45) is 1.96. The van der Waals surface area contributed by atoms with Crippen LogP contribution in [0, 0.1) is 5.92 Å². The number of rotatable bonds is 9. The van der Waals surface area contributed by atoms with Gasteiger partial charge >= 0.3 is 8.80 Å². The lowest BCUT2D eigenvalue weighted by Gasteiger charge is -2.35. The minimum atomic E-state index is -4.39. The SMILES string of the molecule is CC(C(C)N(CCNS(C)(=O)=O)S(C)(=O)=O)C(C)[Si](O)(O)O. The monoisotopic (exact) mass is 378 g/mol. The summed E-state index contributed by atoms with van der Waals surface area (Å²) in [6, 6.07) is -0.648. The molecule has 0 spiro atoms. The van der Waals surface area contributed by atoms with Crippen LogP contribution < -0.4 is 4.72 Å². The molecule has 3 unspecified atom stereocenters. The molecule has 12 heteroatoms. The predicted molar refractivity (Wildman–Crippen MR) is 84.9 cm³/mol. The van der Waals surface area contributed by atoms with E-state index < -0.39 is 46.4 Å². The highest BCUT2D eigenvalue weighted by molar-refractivity contribution is 7.88. The number of hydrogen-bond donors (Lipinski definition) is 4. The Morgan fingerprint density at radius 3 is 1.82 bits per heavy atom. The average molecular weight is 379 g/mol. The minimum Gasteiger partial charge on any atom is -0.390 e. The molecule has 0 aliphatic heterocycles. The van der Waals surface area contributed by atoms with Crippen LogP contribution in [0.2, 0.25) is 5.54 Å². The molecule has 4 N–H and O–H groups in total. The fourth-order valence-electron chi connectivity index (χ4n) is 2.05. The molecular weight excluding hydrogens is 352 g/mol. The maximum atomic E-state index is 11.9.